The van der Waals surface area contributed by atoms with Crippen LogP contribution in [0.15, 0.2) is 54.6 Å². The van der Waals surface area contributed by atoms with Crippen LogP contribution in [0.4, 0.5) is 0 Å². The van der Waals surface area contributed by atoms with Crippen molar-refractivity contribution in [3.63, 3.8) is 0 Å². The minimum Gasteiger partial charge on any atom is -0.478 e. The van der Waals surface area contributed by atoms with Crippen molar-refractivity contribution in [2.75, 3.05) is 7.05 Å². The van der Waals surface area contributed by atoms with E-state index >= 15 is 0 Å². The van der Waals surface area contributed by atoms with Crippen molar-refractivity contribution in [3.05, 3.63) is 71.3 Å². The van der Waals surface area contributed by atoms with Gasteiger partial charge in [0.2, 0.25) is 11.8 Å². The van der Waals surface area contributed by atoms with E-state index in [9.17, 15) is 14.4 Å². The lowest BCUT2D eigenvalue weighted by Gasteiger charge is -2.27. The number of hydrogen-bond acceptors (Lipinski definition) is 3. The zero-order valence-corrected chi connectivity index (χ0v) is 16.4. The van der Waals surface area contributed by atoms with Gasteiger partial charge in [-0.15, -0.1) is 0 Å². The Hall–Kier alpha value is -3.15. The molecular weight excluding hydrogens is 356 g/mol. The van der Waals surface area contributed by atoms with Crippen molar-refractivity contribution in [3.8, 4) is 0 Å². The lowest BCUT2D eigenvalue weighted by atomic mass is 10.0. The lowest BCUT2D eigenvalue weighted by molar-refractivity contribution is -0.136. The fourth-order valence-electron chi connectivity index (χ4n) is 2.86. The van der Waals surface area contributed by atoms with E-state index in [2.05, 4.69) is 5.32 Å². The number of carbonyl (C=O) groups excluding carboxylic acids is 2. The Labute approximate surface area is 165 Å². The quantitative estimate of drug-likeness (QED) is 0.735. The first-order valence-corrected chi connectivity index (χ1v) is 9.18. The van der Waals surface area contributed by atoms with E-state index in [0.29, 0.717) is 6.54 Å². The van der Waals surface area contributed by atoms with Gasteiger partial charge in [-0.3, -0.25) is 9.59 Å². The van der Waals surface area contributed by atoms with Crippen LogP contribution >= 0.6 is 0 Å². The average Bonchev–Trinajstić information content (AvgIpc) is 2.66. The van der Waals surface area contributed by atoms with Gasteiger partial charge in [0.25, 0.3) is 0 Å². The van der Waals surface area contributed by atoms with Crippen molar-refractivity contribution in [2.24, 2.45) is 5.92 Å². The molecule has 2 rings (SSSR count). The molecule has 0 bridgehead atoms. The van der Waals surface area contributed by atoms with Crippen LogP contribution in [0.2, 0.25) is 0 Å². The molecule has 0 aliphatic carbocycles. The van der Waals surface area contributed by atoms with Crippen LogP contribution in [0.25, 0.3) is 0 Å². The zero-order valence-electron chi connectivity index (χ0n) is 16.4. The minimum atomic E-state index is -0.989. The second-order valence-corrected chi connectivity index (χ2v) is 7.15. The Kier molecular flexibility index (Phi) is 7.32. The molecule has 0 aromatic heterocycles. The number of hydrogen-bond donors (Lipinski definition) is 2. The number of nitrogens with one attached hydrogen (secondary N) is 1. The zero-order chi connectivity index (χ0) is 20.7. The molecule has 2 aromatic rings. The maximum Gasteiger partial charge on any atom is 0.335 e. The third kappa shape index (κ3) is 5.94. The van der Waals surface area contributed by atoms with Crippen LogP contribution in [-0.4, -0.2) is 40.9 Å². The second-order valence-electron chi connectivity index (χ2n) is 7.15. The summed E-state index contributed by atoms with van der Waals surface area (Å²) >= 11 is 0. The summed E-state index contributed by atoms with van der Waals surface area (Å²) in [6.07, 6.45) is 0.220. The summed E-state index contributed by atoms with van der Waals surface area (Å²) in [5.74, 6) is -1.43. The first kappa shape index (κ1) is 21.2. The molecule has 6 nitrogen and oxygen atoms in total. The molecule has 148 valence electrons. The van der Waals surface area contributed by atoms with Crippen molar-refractivity contribution in [2.45, 2.75) is 32.9 Å². The molecule has 0 spiro atoms. The summed E-state index contributed by atoms with van der Waals surface area (Å²) in [6, 6.07) is 15.2. The van der Waals surface area contributed by atoms with Crippen molar-refractivity contribution in [1.29, 1.82) is 0 Å². The highest BCUT2D eigenvalue weighted by molar-refractivity contribution is 5.89. The summed E-state index contributed by atoms with van der Waals surface area (Å²) in [6.45, 7) is 4.11. The van der Waals surface area contributed by atoms with Gasteiger partial charge in [-0.2, -0.15) is 0 Å². The Morgan fingerprint density at radius 3 is 2.11 bits per heavy atom. The van der Waals surface area contributed by atoms with Gasteiger partial charge < -0.3 is 15.3 Å². The molecule has 2 amide bonds. The number of rotatable bonds is 8. The van der Waals surface area contributed by atoms with E-state index in [-0.39, 0.29) is 29.7 Å². The molecule has 0 saturated carbocycles. The fourth-order valence-corrected chi connectivity index (χ4v) is 2.86. The molecule has 2 N–H and O–H groups in total. The monoisotopic (exact) mass is 382 g/mol. The molecule has 0 saturated heterocycles. The van der Waals surface area contributed by atoms with Gasteiger partial charge in [0, 0.05) is 13.6 Å². The molecule has 0 fully saturated rings. The van der Waals surface area contributed by atoms with Crippen molar-refractivity contribution < 1.29 is 19.5 Å². The summed E-state index contributed by atoms with van der Waals surface area (Å²) in [5.41, 5.74) is 1.91. The highest BCUT2D eigenvalue weighted by atomic mass is 16.4. The molecule has 0 aliphatic heterocycles. The van der Waals surface area contributed by atoms with Gasteiger partial charge in [0.05, 0.1) is 12.0 Å². The van der Waals surface area contributed by atoms with Crippen LogP contribution in [0.3, 0.4) is 0 Å². The Morgan fingerprint density at radius 2 is 1.57 bits per heavy atom. The molecule has 6 heteroatoms. The summed E-state index contributed by atoms with van der Waals surface area (Å²) in [7, 11) is 1.67. The SMILES string of the molecule is CC(C)C(NC(=O)Cc1ccccc1)C(=O)N(C)Cc1ccc(C(=O)O)cc1. The third-order valence-corrected chi connectivity index (χ3v) is 4.45. The van der Waals surface area contributed by atoms with E-state index in [1.165, 1.54) is 12.1 Å². The maximum absolute atomic E-state index is 12.9. The first-order chi connectivity index (χ1) is 13.3. The molecule has 1 unspecified atom stereocenters. The van der Waals surface area contributed by atoms with E-state index in [0.717, 1.165) is 11.1 Å². The normalized spacial score (nSPS) is 11.7. The number of carbonyl (C=O) groups is 3. The van der Waals surface area contributed by atoms with Gasteiger partial charge in [-0.25, -0.2) is 4.79 Å². The predicted octanol–water partition coefficient (Wildman–Crippen LogP) is 2.73. The van der Waals surface area contributed by atoms with Crippen LogP contribution in [-0.2, 0) is 22.6 Å². The van der Waals surface area contributed by atoms with Crippen LogP contribution in [0.5, 0.6) is 0 Å². The number of carboxylic acid groups (broad SMARTS) is 1. The Morgan fingerprint density at radius 1 is 0.964 bits per heavy atom. The van der Waals surface area contributed by atoms with Crippen molar-refractivity contribution >= 4 is 17.8 Å². The van der Waals surface area contributed by atoms with Gasteiger partial charge in [-0.1, -0.05) is 56.3 Å². The van der Waals surface area contributed by atoms with E-state index in [1.807, 2.05) is 44.2 Å². The number of amides is 2. The molecule has 0 heterocycles. The highest BCUT2D eigenvalue weighted by Gasteiger charge is 2.27. The highest BCUT2D eigenvalue weighted by Crippen LogP contribution is 2.11. The smallest absolute Gasteiger partial charge is 0.335 e. The number of benzene rings is 2. The molecule has 0 radical (unpaired) electrons. The number of nitrogens with zero attached hydrogens (tertiary/aromatic N) is 1. The van der Waals surface area contributed by atoms with E-state index in [4.69, 9.17) is 5.11 Å². The van der Waals surface area contributed by atoms with E-state index < -0.39 is 12.0 Å². The van der Waals surface area contributed by atoms with Gasteiger partial charge in [0.1, 0.15) is 6.04 Å². The standard InChI is InChI=1S/C22H26N2O4/c1-15(2)20(23-19(25)13-16-7-5-4-6-8-16)21(26)24(3)14-17-9-11-18(12-10-17)22(27)28/h4-12,15,20H,13-14H2,1-3H3,(H,23,25)(H,27,28). The first-order valence-electron chi connectivity index (χ1n) is 9.18. The van der Waals surface area contributed by atoms with Crippen LogP contribution in [0.1, 0.15) is 35.3 Å². The largest absolute Gasteiger partial charge is 0.478 e. The number of likely N-dealkylation sites (N-methyl/N-ethyl adjacent to an activating group) is 1. The molecular formula is C22H26N2O4. The summed E-state index contributed by atoms with van der Waals surface area (Å²) < 4.78 is 0. The fraction of sp³-hybridized carbons (Fsp3) is 0.318. The van der Waals surface area contributed by atoms with Crippen LogP contribution < -0.4 is 5.32 Å². The van der Waals surface area contributed by atoms with Gasteiger partial charge in [0.15, 0.2) is 0 Å². The third-order valence-electron chi connectivity index (χ3n) is 4.45. The average molecular weight is 382 g/mol. The van der Waals surface area contributed by atoms with Gasteiger partial charge in [-0.05, 0) is 29.2 Å². The topological polar surface area (TPSA) is 86.7 Å². The Balaban J connectivity index is 2.00. The van der Waals surface area contributed by atoms with Gasteiger partial charge >= 0.3 is 5.97 Å². The maximum atomic E-state index is 12.9. The van der Waals surface area contributed by atoms with E-state index in [1.54, 1.807) is 24.1 Å². The molecule has 1 atom stereocenters. The second kappa shape index (κ2) is 9.69. The lowest BCUT2D eigenvalue weighted by Crippen LogP contribution is -2.50. The molecule has 0 aliphatic rings. The number of aromatic carboxylic acids is 1. The summed E-state index contributed by atoms with van der Waals surface area (Å²) in [4.78, 5) is 37.7. The summed E-state index contributed by atoms with van der Waals surface area (Å²) in [5, 5.41) is 11.8. The minimum absolute atomic E-state index is 0.0657. The Bertz CT molecular complexity index is 816. The molecule has 2 aromatic carbocycles. The van der Waals surface area contributed by atoms with Crippen LogP contribution in [0, 0.1) is 5.92 Å². The predicted molar refractivity (Wildman–Crippen MR) is 107 cm³/mol. The number of carboxylic acids is 1. The van der Waals surface area contributed by atoms with Crippen molar-refractivity contribution in [1.82, 2.24) is 10.2 Å². The molecule has 28 heavy (non-hydrogen) atoms.